The van der Waals surface area contributed by atoms with Gasteiger partial charge >= 0.3 is 0 Å². The molecule has 0 N–H and O–H groups in total. The highest BCUT2D eigenvalue weighted by Gasteiger charge is 2.14. The molecule has 0 spiro atoms. The maximum atomic E-state index is 12.8. The monoisotopic (exact) mass is 265 g/mol. The van der Waals surface area contributed by atoms with Crippen molar-refractivity contribution < 1.29 is 9.13 Å². The summed E-state index contributed by atoms with van der Waals surface area (Å²) in [6, 6.07) is 6.28. The van der Waals surface area contributed by atoms with Crippen LogP contribution in [0.25, 0.3) is 0 Å². The molecule has 19 heavy (non-hydrogen) atoms. The molecule has 1 aliphatic rings. The van der Waals surface area contributed by atoms with Crippen molar-refractivity contribution >= 4 is 0 Å². The van der Waals surface area contributed by atoms with Gasteiger partial charge in [0.25, 0.3) is 0 Å². The molecule has 1 aromatic carbocycles. The van der Waals surface area contributed by atoms with Crippen molar-refractivity contribution in [1.82, 2.24) is 4.90 Å². The summed E-state index contributed by atoms with van der Waals surface area (Å²) < 4.78 is 18.5. The van der Waals surface area contributed by atoms with E-state index in [4.69, 9.17) is 4.74 Å². The van der Waals surface area contributed by atoms with Crippen molar-refractivity contribution in [3.63, 3.8) is 0 Å². The normalized spacial score (nSPS) is 17.6. The molecule has 3 heteroatoms. The summed E-state index contributed by atoms with van der Waals surface area (Å²) in [5.74, 6) is 1.14. The fourth-order valence-electron chi connectivity index (χ4n) is 2.52. The van der Waals surface area contributed by atoms with Gasteiger partial charge in [-0.05, 0) is 69.1 Å². The van der Waals surface area contributed by atoms with Gasteiger partial charge < -0.3 is 9.64 Å². The van der Waals surface area contributed by atoms with Crippen molar-refractivity contribution in [3.05, 3.63) is 30.1 Å². The van der Waals surface area contributed by atoms with Gasteiger partial charge in [-0.1, -0.05) is 13.3 Å². The summed E-state index contributed by atoms with van der Waals surface area (Å²) in [7, 11) is 0. The van der Waals surface area contributed by atoms with E-state index in [-0.39, 0.29) is 5.82 Å². The number of nitrogens with zero attached hydrogens (tertiary/aromatic N) is 1. The Hall–Kier alpha value is -1.09. The molecule has 0 aromatic heterocycles. The van der Waals surface area contributed by atoms with Gasteiger partial charge in [0.15, 0.2) is 0 Å². The Morgan fingerprint density at radius 1 is 1.21 bits per heavy atom. The zero-order chi connectivity index (χ0) is 13.5. The molecule has 1 heterocycles. The number of rotatable bonds is 7. The molecule has 1 aromatic rings. The first-order chi connectivity index (χ1) is 9.28. The molecule has 106 valence electrons. The van der Waals surface area contributed by atoms with Gasteiger partial charge in [-0.2, -0.15) is 0 Å². The highest BCUT2D eigenvalue weighted by molar-refractivity contribution is 5.21. The Morgan fingerprint density at radius 3 is 2.53 bits per heavy atom. The zero-order valence-corrected chi connectivity index (χ0v) is 11.8. The predicted molar refractivity (Wildman–Crippen MR) is 76.0 cm³/mol. The maximum absolute atomic E-state index is 12.8. The lowest BCUT2D eigenvalue weighted by Gasteiger charge is -2.20. The number of likely N-dealkylation sites (tertiary alicyclic amines) is 1. The minimum Gasteiger partial charge on any atom is -0.493 e. The molecule has 0 saturated carbocycles. The quantitative estimate of drug-likeness (QED) is 0.745. The van der Waals surface area contributed by atoms with Gasteiger partial charge in [-0.3, -0.25) is 0 Å². The van der Waals surface area contributed by atoms with Crippen LogP contribution in [0.1, 0.15) is 32.6 Å². The van der Waals surface area contributed by atoms with Gasteiger partial charge in [0.05, 0.1) is 6.61 Å². The molecule has 1 saturated heterocycles. The van der Waals surface area contributed by atoms with E-state index < -0.39 is 0 Å². The fourth-order valence-corrected chi connectivity index (χ4v) is 2.52. The van der Waals surface area contributed by atoms with Crippen molar-refractivity contribution in [3.8, 4) is 5.75 Å². The zero-order valence-electron chi connectivity index (χ0n) is 11.8. The number of benzene rings is 1. The Bertz CT molecular complexity index is 360. The van der Waals surface area contributed by atoms with Gasteiger partial charge in [-0.25, -0.2) is 4.39 Å². The summed E-state index contributed by atoms with van der Waals surface area (Å²) in [5.41, 5.74) is 0. The largest absolute Gasteiger partial charge is 0.493 e. The van der Waals surface area contributed by atoms with Crippen LogP contribution in [0.4, 0.5) is 4.39 Å². The number of hydrogen-bond acceptors (Lipinski definition) is 2. The topological polar surface area (TPSA) is 12.5 Å². The molecule has 0 radical (unpaired) electrons. The first kappa shape index (κ1) is 14.3. The molecule has 1 unspecified atom stereocenters. The van der Waals surface area contributed by atoms with Crippen molar-refractivity contribution in [2.45, 2.75) is 32.6 Å². The van der Waals surface area contributed by atoms with E-state index in [0.29, 0.717) is 5.92 Å². The molecule has 0 amide bonds. The molecule has 1 aliphatic heterocycles. The maximum Gasteiger partial charge on any atom is 0.123 e. The van der Waals surface area contributed by atoms with Crippen molar-refractivity contribution in [2.75, 3.05) is 26.2 Å². The van der Waals surface area contributed by atoms with E-state index in [0.717, 1.165) is 18.8 Å². The van der Waals surface area contributed by atoms with E-state index in [1.54, 1.807) is 12.1 Å². The third-order valence-electron chi connectivity index (χ3n) is 3.93. The van der Waals surface area contributed by atoms with Crippen LogP contribution in [-0.2, 0) is 0 Å². The summed E-state index contributed by atoms with van der Waals surface area (Å²) in [6.07, 6.45) is 5.03. The van der Waals surface area contributed by atoms with Crippen LogP contribution in [0.3, 0.4) is 0 Å². The lowest BCUT2D eigenvalue weighted by Crippen LogP contribution is -2.24. The molecule has 0 bridgehead atoms. The smallest absolute Gasteiger partial charge is 0.123 e. The van der Waals surface area contributed by atoms with Crippen LogP contribution in [0.15, 0.2) is 24.3 Å². The molecule has 1 fully saturated rings. The van der Waals surface area contributed by atoms with E-state index in [1.165, 1.54) is 51.0 Å². The molecule has 2 rings (SSSR count). The van der Waals surface area contributed by atoms with E-state index in [2.05, 4.69) is 11.8 Å². The fraction of sp³-hybridized carbons (Fsp3) is 0.625. The van der Waals surface area contributed by atoms with Crippen LogP contribution >= 0.6 is 0 Å². The first-order valence-electron chi connectivity index (χ1n) is 7.38. The Kier molecular flexibility index (Phi) is 5.64. The van der Waals surface area contributed by atoms with E-state index in [1.807, 2.05) is 0 Å². The Labute approximate surface area is 115 Å². The second-order valence-electron chi connectivity index (χ2n) is 5.38. The summed E-state index contributed by atoms with van der Waals surface area (Å²) in [4.78, 5) is 2.54. The standard InChI is InChI=1S/C16H24FNO/c1-2-14(9-12-18-10-3-4-11-18)13-19-16-7-5-15(17)6-8-16/h5-8,14H,2-4,9-13H2,1H3. The van der Waals surface area contributed by atoms with E-state index in [9.17, 15) is 4.39 Å². The van der Waals surface area contributed by atoms with Gasteiger partial charge in [0, 0.05) is 0 Å². The molecule has 1 atom stereocenters. The van der Waals surface area contributed by atoms with Crippen LogP contribution in [0.5, 0.6) is 5.75 Å². The second kappa shape index (κ2) is 7.49. The van der Waals surface area contributed by atoms with Crippen LogP contribution in [0.2, 0.25) is 0 Å². The Balaban J connectivity index is 1.70. The minimum absolute atomic E-state index is 0.214. The van der Waals surface area contributed by atoms with Gasteiger partial charge in [0.1, 0.15) is 11.6 Å². The SMILES string of the molecule is CCC(CCN1CCCC1)COc1ccc(F)cc1. The third kappa shape index (κ3) is 4.83. The highest BCUT2D eigenvalue weighted by Crippen LogP contribution is 2.17. The summed E-state index contributed by atoms with van der Waals surface area (Å²) in [6.45, 7) is 6.65. The average Bonchev–Trinajstić information content (AvgIpc) is 2.94. The van der Waals surface area contributed by atoms with Crippen molar-refractivity contribution in [2.24, 2.45) is 5.92 Å². The van der Waals surface area contributed by atoms with Crippen molar-refractivity contribution in [1.29, 1.82) is 0 Å². The van der Waals surface area contributed by atoms with Gasteiger partial charge in [-0.15, -0.1) is 0 Å². The first-order valence-corrected chi connectivity index (χ1v) is 7.38. The lowest BCUT2D eigenvalue weighted by atomic mass is 10.0. The summed E-state index contributed by atoms with van der Waals surface area (Å²) >= 11 is 0. The molecular formula is C16H24FNO. The molecule has 2 nitrogen and oxygen atoms in total. The molecular weight excluding hydrogens is 241 g/mol. The van der Waals surface area contributed by atoms with Crippen LogP contribution < -0.4 is 4.74 Å². The number of halogens is 1. The van der Waals surface area contributed by atoms with Gasteiger partial charge in [0.2, 0.25) is 0 Å². The minimum atomic E-state index is -0.214. The number of hydrogen-bond donors (Lipinski definition) is 0. The highest BCUT2D eigenvalue weighted by atomic mass is 19.1. The van der Waals surface area contributed by atoms with Crippen LogP contribution in [0, 0.1) is 11.7 Å². The van der Waals surface area contributed by atoms with Crippen LogP contribution in [-0.4, -0.2) is 31.1 Å². The molecule has 0 aliphatic carbocycles. The lowest BCUT2D eigenvalue weighted by molar-refractivity contribution is 0.213. The second-order valence-corrected chi connectivity index (χ2v) is 5.38. The predicted octanol–water partition coefficient (Wildman–Crippen LogP) is 3.72. The Morgan fingerprint density at radius 2 is 1.89 bits per heavy atom. The number of ether oxygens (including phenoxy) is 1. The average molecular weight is 265 g/mol. The van der Waals surface area contributed by atoms with E-state index >= 15 is 0 Å². The summed E-state index contributed by atoms with van der Waals surface area (Å²) in [5, 5.41) is 0. The third-order valence-corrected chi connectivity index (χ3v) is 3.93.